The molecule has 0 N–H and O–H groups in total. The van der Waals surface area contributed by atoms with Gasteiger partial charge in [-0.1, -0.05) is 19.1 Å². The second kappa shape index (κ2) is 8.62. The van der Waals surface area contributed by atoms with E-state index in [1.54, 1.807) is 36.4 Å². The lowest BCUT2D eigenvalue weighted by molar-refractivity contribution is -0.123. The summed E-state index contributed by atoms with van der Waals surface area (Å²) in [5.41, 5.74) is 2.60. The molecule has 2 aromatic heterocycles. The molecule has 1 saturated heterocycles. The smallest absolute Gasteiger partial charge is 0.290 e. The predicted octanol–water partition coefficient (Wildman–Crippen LogP) is 4.66. The summed E-state index contributed by atoms with van der Waals surface area (Å²) >= 11 is 0. The fourth-order valence-electron chi connectivity index (χ4n) is 4.23. The number of hydrogen-bond donors (Lipinski definition) is 0. The maximum atomic E-state index is 13.4. The van der Waals surface area contributed by atoms with Crippen molar-refractivity contribution in [1.29, 1.82) is 0 Å². The molecule has 3 heterocycles. The molecule has 0 saturated carbocycles. The SMILES string of the molecule is CCC(C)N(C(=O)c1ccco1)C1CC(=O)N(c2ccc(-c3nc4ccccc4o3)cc2)C1=O. The molecule has 2 aromatic carbocycles. The van der Waals surface area contributed by atoms with Crippen molar-refractivity contribution in [3.8, 4) is 11.5 Å². The van der Waals surface area contributed by atoms with E-state index in [-0.39, 0.29) is 24.1 Å². The highest BCUT2D eigenvalue weighted by molar-refractivity contribution is 6.23. The Balaban J connectivity index is 1.41. The van der Waals surface area contributed by atoms with Crippen molar-refractivity contribution >= 4 is 34.5 Å². The number of imide groups is 1. The third-order valence-corrected chi connectivity index (χ3v) is 6.16. The van der Waals surface area contributed by atoms with Gasteiger partial charge in [0.25, 0.3) is 11.8 Å². The Morgan fingerprint density at radius 2 is 1.88 bits per heavy atom. The van der Waals surface area contributed by atoms with E-state index in [0.717, 1.165) is 16.0 Å². The van der Waals surface area contributed by atoms with Crippen LogP contribution in [0.3, 0.4) is 0 Å². The second-order valence-corrected chi connectivity index (χ2v) is 8.27. The molecule has 0 radical (unpaired) electrons. The van der Waals surface area contributed by atoms with E-state index >= 15 is 0 Å². The molecule has 2 unspecified atom stereocenters. The van der Waals surface area contributed by atoms with Gasteiger partial charge in [-0.05, 0) is 61.9 Å². The number of para-hydroxylation sites is 2. The third kappa shape index (κ3) is 3.67. The van der Waals surface area contributed by atoms with Crippen LogP contribution in [0, 0.1) is 0 Å². The van der Waals surface area contributed by atoms with Gasteiger partial charge in [-0.15, -0.1) is 0 Å². The quantitative estimate of drug-likeness (QED) is 0.391. The Bertz CT molecular complexity index is 1320. The number of amides is 3. The molecule has 8 heteroatoms. The molecular formula is C26H23N3O5. The summed E-state index contributed by atoms with van der Waals surface area (Å²) in [5, 5.41) is 0. The molecule has 4 aromatic rings. The number of furan rings is 1. The van der Waals surface area contributed by atoms with E-state index in [9.17, 15) is 14.4 Å². The fourth-order valence-corrected chi connectivity index (χ4v) is 4.23. The van der Waals surface area contributed by atoms with E-state index in [2.05, 4.69) is 4.98 Å². The largest absolute Gasteiger partial charge is 0.459 e. The second-order valence-electron chi connectivity index (χ2n) is 8.27. The van der Waals surface area contributed by atoms with Gasteiger partial charge in [0.05, 0.1) is 18.4 Å². The molecule has 3 amide bonds. The molecule has 0 spiro atoms. The summed E-state index contributed by atoms with van der Waals surface area (Å²) in [6, 6.07) is 16.4. The van der Waals surface area contributed by atoms with Gasteiger partial charge < -0.3 is 13.7 Å². The number of carbonyl (C=O) groups is 3. The van der Waals surface area contributed by atoms with Gasteiger partial charge in [-0.2, -0.15) is 0 Å². The average Bonchev–Trinajstić information content (AvgIpc) is 3.59. The predicted molar refractivity (Wildman–Crippen MR) is 125 cm³/mol. The van der Waals surface area contributed by atoms with Gasteiger partial charge in [0.2, 0.25) is 11.8 Å². The molecule has 34 heavy (non-hydrogen) atoms. The maximum Gasteiger partial charge on any atom is 0.290 e. The van der Waals surface area contributed by atoms with Gasteiger partial charge in [-0.25, -0.2) is 9.88 Å². The van der Waals surface area contributed by atoms with Gasteiger partial charge >= 0.3 is 0 Å². The first-order chi connectivity index (χ1) is 16.5. The minimum atomic E-state index is -0.892. The monoisotopic (exact) mass is 457 g/mol. The third-order valence-electron chi connectivity index (χ3n) is 6.16. The lowest BCUT2D eigenvalue weighted by Crippen LogP contribution is -2.49. The minimum Gasteiger partial charge on any atom is -0.459 e. The number of fused-ring (bicyclic) bond motifs is 1. The first-order valence-electron chi connectivity index (χ1n) is 11.2. The molecule has 1 aliphatic heterocycles. The lowest BCUT2D eigenvalue weighted by Gasteiger charge is -2.32. The van der Waals surface area contributed by atoms with Crippen LogP contribution in [0.2, 0.25) is 0 Å². The van der Waals surface area contributed by atoms with Crippen molar-refractivity contribution < 1.29 is 23.2 Å². The van der Waals surface area contributed by atoms with Gasteiger partial charge in [-0.3, -0.25) is 14.4 Å². The molecule has 2 atom stereocenters. The Morgan fingerprint density at radius 1 is 1.12 bits per heavy atom. The van der Waals surface area contributed by atoms with E-state index in [0.29, 0.717) is 23.6 Å². The van der Waals surface area contributed by atoms with Crippen LogP contribution >= 0.6 is 0 Å². The summed E-state index contributed by atoms with van der Waals surface area (Å²) in [5.74, 6) is -0.595. The normalized spacial score (nSPS) is 16.9. The topological polar surface area (TPSA) is 96.9 Å². The maximum absolute atomic E-state index is 13.4. The average molecular weight is 457 g/mol. The first-order valence-corrected chi connectivity index (χ1v) is 11.2. The van der Waals surface area contributed by atoms with Crippen molar-refractivity contribution in [2.75, 3.05) is 4.90 Å². The van der Waals surface area contributed by atoms with Crippen LogP contribution in [0.5, 0.6) is 0 Å². The Morgan fingerprint density at radius 3 is 2.56 bits per heavy atom. The van der Waals surface area contributed by atoms with Crippen LogP contribution in [0.25, 0.3) is 22.6 Å². The van der Waals surface area contributed by atoms with Crippen LogP contribution in [-0.4, -0.2) is 39.7 Å². The van der Waals surface area contributed by atoms with Crippen LogP contribution in [0.1, 0.15) is 37.2 Å². The number of aromatic nitrogens is 1. The molecule has 0 bridgehead atoms. The van der Waals surface area contributed by atoms with E-state index in [4.69, 9.17) is 8.83 Å². The zero-order valence-corrected chi connectivity index (χ0v) is 18.8. The highest BCUT2D eigenvalue weighted by Crippen LogP contribution is 2.31. The van der Waals surface area contributed by atoms with Crippen molar-refractivity contribution in [1.82, 2.24) is 9.88 Å². The van der Waals surface area contributed by atoms with Crippen LogP contribution in [-0.2, 0) is 9.59 Å². The molecule has 1 fully saturated rings. The highest BCUT2D eigenvalue weighted by atomic mass is 16.3. The lowest BCUT2D eigenvalue weighted by atomic mass is 10.1. The number of hydrogen-bond acceptors (Lipinski definition) is 6. The number of nitrogens with zero attached hydrogens (tertiary/aromatic N) is 3. The fraction of sp³-hybridized carbons (Fsp3) is 0.231. The van der Waals surface area contributed by atoms with E-state index < -0.39 is 17.9 Å². The number of oxazole rings is 1. The van der Waals surface area contributed by atoms with Crippen LogP contribution in [0.15, 0.2) is 75.8 Å². The molecule has 172 valence electrons. The molecule has 5 rings (SSSR count). The summed E-state index contributed by atoms with van der Waals surface area (Å²) in [6.07, 6.45) is 1.96. The Labute approximate surface area is 195 Å². The zero-order valence-electron chi connectivity index (χ0n) is 18.8. The van der Waals surface area contributed by atoms with Crippen molar-refractivity contribution in [2.24, 2.45) is 0 Å². The molecule has 8 nitrogen and oxygen atoms in total. The van der Waals surface area contributed by atoms with Crippen LogP contribution in [0.4, 0.5) is 5.69 Å². The van der Waals surface area contributed by atoms with Crippen molar-refractivity contribution in [3.63, 3.8) is 0 Å². The summed E-state index contributed by atoms with van der Waals surface area (Å²) in [6.45, 7) is 3.79. The van der Waals surface area contributed by atoms with E-state index in [1.165, 1.54) is 11.2 Å². The Hall–Kier alpha value is -4.20. The first kappa shape index (κ1) is 21.6. The van der Waals surface area contributed by atoms with Crippen LogP contribution < -0.4 is 4.90 Å². The van der Waals surface area contributed by atoms with Gasteiger partial charge in [0.15, 0.2) is 11.3 Å². The Kier molecular flexibility index (Phi) is 5.49. The number of benzene rings is 2. The summed E-state index contributed by atoms with van der Waals surface area (Å²) < 4.78 is 11.1. The van der Waals surface area contributed by atoms with E-state index in [1.807, 2.05) is 38.1 Å². The number of rotatable bonds is 6. The highest BCUT2D eigenvalue weighted by Gasteiger charge is 2.46. The van der Waals surface area contributed by atoms with Gasteiger partial charge in [0.1, 0.15) is 11.6 Å². The van der Waals surface area contributed by atoms with Crippen molar-refractivity contribution in [2.45, 2.75) is 38.8 Å². The molecule has 0 aliphatic carbocycles. The zero-order chi connectivity index (χ0) is 23.8. The molecular weight excluding hydrogens is 434 g/mol. The molecule has 1 aliphatic rings. The van der Waals surface area contributed by atoms with Gasteiger partial charge in [0, 0.05) is 11.6 Å². The summed E-state index contributed by atoms with van der Waals surface area (Å²) in [7, 11) is 0. The summed E-state index contributed by atoms with van der Waals surface area (Å²) in [4.78, 5) is 46.5. The minimum absolute atomic E-state index is 0.0809. The number of carbonyl (C=O) groups excluding carboxylic acids is 3. The number of anilines is 1. The van der Waals surface area contributed by atoms with Crippen molar-refractivity contribution in [3.05, 3.63) is 72.7 Å². The standard InChI is InChI=1S/C26H23N3O5/c1-3-16(2)28(26(32)22-9-6-14-33-22)20-15-23(30)29(25(20)31)18-12-10-17(11-13-18)24-27-19-7-4-5-8-21(19)34-24/h4-14,16,20H,3,15H2,1-2H3.